The normalized spacial score (nSPS) is 18.2. The SMILES string of the molecule is C[C@H]1CN(C(=O)N(C)CCOCCOCCOCCOCCOCCCc2cccc3c2CN(C2CCC(=O)NC2=O)C3=O)CCN1c1ccc(Nc2cc(-c3ccnc(N4CCn5c(cc6c5CC(C)(C)C6)C4=O)c3CO)cn(C)c2=O)nc1. The van der Waals surface area contributed by atoms with Crippen LogP contribution in [0.5, 0.6) is 0 Å². The molecule has 4 aromatic heterocycles. The molecule has 2 saturated heterocycles. The molecule has 0 radical (unpaired) electrons. The number of hydrogen-bond acceptors (Lipinski definition) is 16. The van der Waals surface area contributed by atoms with Crippen LogP contribution in [0.25, 0.3) is 11.1 Å². The van der Waals surface area contributed by atoms with E-state index < -0.39 is 11.9 Å². The van der Waals surface area contributed by atoms with Crippen molar-refractivity contribution in [2.45, 2.75) is 91.1 Å². The van der Waals surface area contributed by atoms with Crippen molar-refractivity contribution in [2.75, 3.05) is 121 Å². The van der Waals surface area contributed by atoms with Crippen LogP contribution in [0.2, 0.25) is 0 Å². The number of aryl methyl sites for hydroxylation is 2. The number of piperazine rings is 1. The molecule has 4 aliphatic heterocycles. The number of amides is 6. The van der Waals surface area contributed by atoms with Gasteiger partial charge in [0, 0.05) is 114 Å². The van der Waals surface area contributed by atoms with Crippen LogP contribution in [-0.4, -0.2) is 186 Å². The lowest BCUT2D eigenvalue weighted by Crippen LogP contribution is -2.56. The van der Waals surface area contributed by atoms with Gasteiger partial charge < -0.3 is 62.8 Å². The number of aliphatic hydroxyl groups is 1. The number of urea groups is 1. The molecule has 1 aromatic carbocycles. The molecule has 1 aliphatic carbocycles. The molecule has 23 nitrogen and oxygen atoms in total. The first-order valence-corrected chi connectivity index (χ1v) is 29.6. The number of hydrogen-bond donors (Lipinski definition) is 3. The van der Waals surface area contributed by atoms with Crippen LogP contribution >= 0.6 is 0 Å². The fourth-order valence-electron chi connectivity index (χ4n) is 12.3. The second-order valence-corrected chi connectivity index (χ2v) is 23.2. The van der Waals surface area contributed by atoms with E-state index in [1.165, 1.54) is 15.8 Å². The lowest BCUT2D eigenvalue weighted by Gasteiger charge is -2.42. The number of carbonyl (C=O) groups excluding carboxylic acids is 5. The Bertz CT molecular complexity index is 3310. The summed E-state index contributed by atoms with van der Waals surface area (Å²) in [4.78, 5) is 96.4. The number of fused-ring (bicyclic) bond motifs is 4. The molecule has 0 spiro atoms. The van der Waals surface area contributed by atoms with Gasteiger partial charge in [-0.1, -0.05) is 26.0 Å². The van der Waals surface area contributed by atoms with Crippen molar-refractivity contribution in [1.82, 2.24) is 39.1 Å². The minimum Gasteiger partial charge on any atom is -0.392 e. The molecule has 5 aromatic rings. The molecule has 2 fully saturated rings. The highest BCUT2D eigenvalue weighted by Gasteiger charge is 2.41. The first-order valence-electron chi connectivity index (χ1n) is 29.6. The van der Waals surface area contributed by atoms with Crippen LogP contribution in [0, 0.1) is 5.41 Å². The molecule has 23 heteroatoms. The number of nitrogens with one attached hydrogen (secondary N) is 2. The van der Waals surface area contributed by atoms with Crippen LogP contribution in [0.4, 0.5) is 27.8 Å². The highest BCUT2D eigenvalue weighted by atomic mass is 16.6. The van der Waals surface area contributed by atoms with E-state index in [4.69, 9.17) is 23.7 Å². The molecule has 1 unspecified atom stereocenters. The molecular weight excluding hydrogens is 1090 g/mol. The topological polar surface area (TPSA) is 245 Å². The minimum atomic E-state index is -0.631. The van der Waals surface area contributed by atoms with Crippen LogP contribution in [0.3, 0.4) is 0 Å². The van der Waals surface area contributed by atoms with Gasteiger partial charge in [0.15, 0.2) is 0 Å². The standard InChI is InChI=1S/C62H79N11O12/c1-41-37-69(61(80)67(4)21-23-82-25-27-84-29-31-85-30-28-83-26-24-81-22-7-9-42-8-6-10-47-48(42)39-73(58(47)77)51-12-14-55(75)66-57(51)76)17-18-70(41)45-11-13-54(64-36-45)65-50-32-44(38-68(5)59(50)78)46-15-16-63-56(49(46)40-74)72-20-19-71-52(60(72)79)33-43-34-62(2,3)35-53(43)71/h6,8,10-11,13,15-16,32-33,36,38,41,51,74H,7,9,12,14,17-31,34-35,37,39-40H2,1-5H3,(H,64,65)(H,66,75,76)/t41-,51?/m0/s1. The van der Waals surface area contributed by atoms with Gasteiger partial charge in [-0.25, -0.2) is 14.8 Å². The van der Waals surface area contributed by atoms with Gasteiger partial charge in [-0.3, -0.25) is 34.2 Å². The second kappa shape index (κ2) is 27.2. The number of carbonyl (C=O) groups is 5. The summed E-state index contributed by atoms with van der Waals surface area (Å²) in [6.07, 6.45) is 9.04. The van der Waals surface area contributed by atoms with E-state index in [1.807, 2.05) is 35.2 Å². The molecule has 8 heterocycles. The Morgan fingerprint density at radius 1 is 0.824 bits per heavy atom. The van der Waals surface area contributed by atoms with E-state index in [2.05, 4.69) is 50.8 Å². The number of imide groups is 1. The number of nitrogens with zero attached hydrogens (tertiary/aromatic N) is 9. The molecule has 2 atom stereocenters. The number of benzene rings is 1. The van der Waals surface area contributed by atoms with Crippen molar-refractivity contribution >= 4 is 52.7 Å². The summed E-state index contributed by atoms with van der Waals surface area (Å²) in [6, 6.07) is 14.3. The lowest BCUT2D eigenvalue weighted by molar-refractivity contribution is -0.136. The van der Waals surface area contributed by atoms with E-state index in [1.54, 1.807) is 65.6 Å². The molecule has 85 heavy (non-hydrogen) atoms. The Kier molecular flexibility index (Phi) is 19.4. The van der Waals surface area contributed by atoms with Gasteiger partial charge >= 0.3 is 6.03 Å². The van der Waals surface area contributed by atoms with Crippen molar-refractivity contribution in [3.8, 4) is 11.1 Å². The van der Waals surface area contributed by atoms with E-state index >= 15 is 0 Å². The summed E-state index contributed by atoms with van der Waals surface area (Å²) in [7, 11) is 3.45. The van der Waals surface area contributed by atoms with Crippen molar-refractivity contribution in [3.63, 3.8) is 0 Å². The fraction of sp³-hybridized carbons (Fsp3) is 0.516. The Morgan fingerprint density at radius 3 is 2.25 bits per heavy atom. The zero-order valence-corrected chi connectivity index (χ0v) is 49.4. The molecule has 0 saturated carbocycles. The van der Waals surface area contributed by atoms with Gasteiger partial charge in [-0.15, -0.1) is 0 Å². The summed E-state index contributed by atoms with van der Waals surface area (Å²) >= 11 is 0. The molecule has 0 bridgehead atoms. The van der Waals surface area contributed by atoms with Crippen LogP contribution < -0.4 is 26.0 Å². The Morgan fingerprint density at radius 2 is 1.55 bits per heavy atom. The van der Waals surface area contributed by atoms with Crippen molar-refractivity contribution in [2.24, 2.45) is 12.5 Å². The van der Waals surface area contributed by atoms with Gasteiger partial charge in [0.25, 0.3) is 17.4 Å². The Labute approximate surface area is 495 Å². The number of aliphatic hydroxyl groups excluding tert-OH is 1. The van der Waals surface area contributed by atoms with Gasteiger partial charge in [0.05, 0.1) is 78.0 Å². The highest BCUT2D eigenvalue weighted by molar-refractivity contribution is 6.07. The number of likely N-dealkylation sites (N-methyl/N-ethyl adjacent to an activating group) is 1. The summed E-state index contributed by atoms with van der Waals surface area (Å²) in [5.41, 5.74) is 8.63. The quantitative estimate of drug-likeness (QED) is 0.0502. The first-order chi connectivity index (χ1) is 41.1. The van der Waals surface area contributed by atoms with Gasteiger partial charge in [0.1, 0.15) is 29.1 Å². The summed E-state index contributed by atoms with van der Waals surface area (Å²) < 4.78 is 32.0. The number of piperidine rings is 1. The van der Waals surface area contributed by atoms with Crippen LogP contribution in [0.15, 0.2) is 71.9 Å². The van der Waals surface area contributed by atoms with Crippen LogP contribution in [0.1, 0.15) is 88.8 Å². The molecule has 3 N–H and O–H groups in total. The third-order valence-electron chi connectivity index (χ3n) is 16.6. The average molecular weight is 1170 g/mol. The average Bonchev–Trinajstić information content (AvgIpc) is 1.97. The lowest BCUT2D eigenvalue weighted by atomic mass is 9.90. The summed E-state index contributed by atoms with van der Waals surface area (Å²) in [5, 5.41) is 16.4. The third-order valence-corrected chi connectivity index (χ3v) is 16.6. The van der Waals surface area contributed by atoms with Gasteiger partial charge in [-0.05, 0) is 103 Å². The van der Waals surface area contributed by atoms with E-state index in [0.717, 1.165) is 42.5 Å². The van der Waals surface area contributed by atoms with Crippen molar-refractivity contribution in [1.29, 1.82) is 0 Å². The van der Waals surface area contributed by atoms with E-state index in [-0.39, 0.29) is 53.8 Å². The second-order valence-electron chi connectivity index (χ2n) is 23.2. The summed E-state index contributed by atoms with van der Waals surface area (Å²) in [6.45, 7) is 14.0. The zero-order chi connectivity index (χ0) is 59.8. The smallest absolute Gasteiger partial charge is 0.319 e. The van der Waals surface area contributed by atoms with Crippen LogP contribution in [-0.2, 0) is 79.3 Å². The van der Waals surface area contributed by atoms with Gasteiger partial charge in [-0.2, -0.15) is 0 Å². The fourth-order valence-corrected chi connectivity index (χ4v) is 12.3. The molecule has 5 aliphatic rings. The van der Waals surface area contributed by atoms with Crippen molar-refractivity contribution < 1.29 is 52.8 Å². The minimum absolute atomic E-state index is 0.0109. The number of rotatable bonds is 26. The maximum Gasteiger partial charge on any atom is 0.319 e. The Hall–Kier alpha value is -7.54. The van der Waals surface area contributed by atoms with Gasteiger partial charge in [0.2, 0.25) is 11.8 Å². The number of aromatic nitrogens is 4. The molecule has 6 amide bonds. The van der Waals surface area contributed by atoms with E-state index in [9.17, 15) is 33.9 Å². The van der Waals surface area contributed by atoms with E-state index in [0.29, 0.717) is 164 Å². The monoisotopic (exact) mass is 1170 g/mol. The Balaban J connectivity index is 0.575. The predicted molar refractivity (Wildman–Crippen MR) is 317 cm³/mol. The first kappa shape index (κ1) is 60.6. The molecular formula is C62H79N11O12. The van der Waals surface area contributed by atoms with Crippen molar-refractivity contribution in [3.05, 3.63) is 117 Å². The number of pyridine rings is 3. The molecule has 454 valence electrons. The number of anilines is 4. The highest BCUT2D eigenvalue weighted by Crippen LogP contribution is 2.40. The third kappa shape index (κ3) is 13.9. The zero-order valence-electron chi connectivity index (χ0n) is 49.4. The summed E-state index contributed by atoms with van der Waals surface area (Å²) in [5.74, 6) is -0.155. The predicted octanol–water partition coefficient (Wildman–Crippen LogP) is 4.70. The largest absolute Gasteiger partial charge is 0.392 e. The maximum absolute atomic E-state index is 14.0. The number of ether oxygens (including phenoxy) is 5. The molecule has 10 rings (SSSR count). The maximum atomic E-state index is 14.0.